The molecule has 0 aliphatic heterocycles. The number of aromatic hydroxyl groups is 1. The second-order valence-corrected chi connectivity index (χ2v) is 4.72. The molecule has 0 saturated heterocycles. The quantitative estimate of drug-likeness (QED) is 0.843. The van der Waals surface area contributed by atoms with Crippen molar-refractivity contribution in [2.45, 2.75) is 26.3 Å². The number of phenolic OH excluding ortho intramolecular Hbond substituents is 1. The molecule has 0 amide bonds. The van der Waals surface area contributed by atoms with E-state index in [1.54, 1.807) is 6.07 Å². The monoisotopic (exact) mass is 241 g/mol. The highest BCUT2D eigenvalue weighted by atomic mass is 16.3. The SMILES string of the molecule is CC(C)c1ccccc1NCc1ccccc1O. The molecule has 0 atom stereocenters. The van der Waals surface area contributed by atoms with Crippen LogP contribution in [0.5, 0.6) is 5.75 Å². The molecule has 0 bridgehead atoms. The number of anilines is 1. The van der Waals surface area contributed by atoms with E-state index in [1.165, 1.54) is 5.56 Å². The first-order chi connectivity index (χ1) is 8.68. The maximum Gasteiger partial charge on any atom is 0.120 e. The van der Waals surface area contributed by atoms with Crippen LogP contribution in [0.1, 0.15) is 30.9 Å². The van der Waals surface area contributed by atoms with Crippen molar-refractivity contribution in [1.29, 1.82) is 0 Å². The van der Waals surface area contributed by atoms with Crippen molar-refractivity contribution in [2.24, 2.45) is 0 Å². The van der Waals surface area contributed by atoms with Crippen LogP contribution in [0, 0.1) is 0 Å². The smallest absolute Gasteiger partial charge is 0.120 e. The summed E-state index contributed by atoms with van der Waals surface area (Å²) in [6.45, 7) is 5.00. The number of nitrogens with one attached hydrogen (secondary N) is 1. The van der Waals surface area contributed by atoms with Crippen LogP contribution >= 0.6 is 0 Å². The minimum absolute atomic E-state index is 0.340. The van der Waals surface area contributed by atoms with Gasteiger partial charge in [-0.15, -0.1) is 0 Å². The van der Waals surface area contributed by atoms with Crippen molar-refractivity contribution in [1.82, 2.24) is 0 Å². The van der Waals surface area contributed by atoms with Gasteiger partial charge in [0.1, 0.15) is 5.75 Å². The maximum absolute atomic E-state index is 9.73. The maximum atomic E-state index is 9.73. The lowest BCUT2D eigenvalue weighted by atomic mass is 10.0. The van der Waals surface area contributed by atoms with E-state index < -0.39 is 0 Å². The van der Waals surface area contributed by atoms with Gasteiger partial charge in [0.15, 0.2) is 0 Å². The fourth-order valence-corrected chi connectivity index (χ4v) is 2.01. The average Bonchev–Trinajstić information content (AvgIpc) is 2.38. The average molecular weight is 241 g/mol. The molecule has 0 radical (unpaired) electrons. The number of benzene rings is 2. The lowest BCUT2D eigenvalue weighted by molar-refractivity contribution is 0.469. The zero-order chi connectivity index (χ0) is 13.0. The van der Waals surface area contributed by atoms with Gasteiger partial charge in [-0.3, -0.25) is 0 Å². The molecule has 18 heavy (non-hydrogen) atoms. The Labute approximate surface area is 108 Å². The van der Waals surface area contributed by atoms with Crippen molar-refractivity contribution in [3.8, 4) is 5.75 Å². The molecule has 2 heteroatoms. The summed E-state index contributed by atoms with van der Waals surface area (Å²) < 4.78 is 0. The van der Waals surface area contributed by atoms with Gasteiger partial charge in [-0.2, -0.15) is 0 Å². The number of hydrogen-bond acceptors (Lipinski definition) is 2. The third-order valence-electron chi connectivity index (χ3n) is 3.04. The summed E-state index contributed by atoms with van der Waals surface area (Å²) >= 11 is 0. The zero-order valence-electron chi connectivity index (χ0n) is 10.9. The van der Waals surface area contributed by atoms with Crippen molar-refractivity contribution in [2.75, 3.05) is 5.32 Å². The molecule has 2 nitrogen and oxygen atoms in total. The molecule has 0 saturated carbocycles. The van der Waals surface area contributed by atoms with E-state index in [0.29, 0.717) is 18.2 Å². The topological polar surface area (TPSA) is 32.3 Å². The molecular formula is C16H19NO. The van der Waals surface area contributed by atoms with Crippen LogP contribution < -0.4 is 5.32 Å². The summed E-state index contributed by atoms with van der Waals surface area (Å²) in [5, 5.41) is 13.1. The first-order valence-electron chi connectivity index (χ1n) is 6.28. The Morgan fingerprint density at radius 3 is 2.39 bits per heavy atom. The van der Waals surface area contributed by atoms with E-state index >= 15 is 0 Å². The van der Waals surface area contributed by atoms with Crippen molar-refractivity contribution >= 4 is 5.69 Å². The Kier molecular flexibility index (Phi) is 3.88. The van der Waals surface area contributed by atoms with Gasteiger partial charge >= 0.3 is 0 Å². The van der Waals surface area contributed by atoms with E-state index in [0.717, 1.165) is 11.3 Å². The normalized spacial score (nSPS) is 10.6. The van der Waals surface area contributed by atoms with Gasteiger partial charge in [-0.1, -0.05) is 50.2 Å². The molecule has 94 valence electrons. The van der Waals surface area contributed by atoms with Crippen LogP contribution in [-0.2, 0) is 6.54 Å². The van der Waals surface area contributed by atoms with Crippen LogP contribution in [0.15, 0.2) is 48.5 Å². The van der Waals surface area contributed by atoms with Gasteiger partial charge < -0.3 is 10.4 Å². The Morgan fingerprint density at radius 1 is 1.00 bits per heavy atom. The molecule has 0 aromatic heterocycles. The van der Waals surface area contributed by atoms with Crippen molar-refractivity contribution < 1.29 is 5.11 Å². The lowest BCUT2D eigenvalue weighted by Gasteiger charge is -2.15. The third-order valence-corrected chi connectivity index (χ3v) is 3.04. The largest absolute Gasteiger partial charge is 0.508 e. The number of phenols is 1. The molecule has 0 heterocycles. The van der Waals surface area contributed by atoms with E-state index in [4.69, 9.17) is 0 Å². The van der Waals surface area contributed by atoms with Crippen LogP contribution in [0.2, 0.25) is 0 Å². The van der Waals surface area contributed by atoms with Crippen LogP contribution in [-0.4, -0.2) is 5.11 Å². The van der Waals surface area contributed by atoms with Gasteiger partial charge in [-0.05, 0) is 23.6 Å². The molecule has 2 aromatic carbocycles. The van der Waals surface area contributed by atoms with Gasteiger partial charge in [0.2, 0.25) is 0 Å². The van der Waals surface area contributed by atoms with Crippen LogP contribution in [0.3, 0.4) is 0 Å². The summed E-state index contributed by atoms with van der Waals surface area (Å²) in [5.41, 5.74) is 3.35. The number of para-hydroxylation sites is 2. The molecule has 0 fully saturated rings. The first kappa shape index (κ1) is 12.5. The molecule has 0 aliphatic rings. The Balaban J connectivity index is 2.14. The van der Waals surface area contributed by atoms with Gasteiger partial charge in [0, 0.05) is 17.8 Å². The fraction of sp³-hybridized carbons (Fsp3) is 0.250. The van der Waals surface area contributed by atoms with Crippen molar-refractivity contribution in [3.63, 3.8) is 0 Å². The summed E-state index contributed by atoms with van der Waals surface area (Å²) in [4.78, 5) is 0. The van der Waals surface area contributed by atoms with E-state index in [9.17, 15) is 5.11 Å². The summed E-state index contributed by atoms with van der Waals surface area (Å²) in [6.07, 6.45) is 0. The Hall–Kier alpha value is -1.96. The van der Waals surface area contributed by atoms with E-state index in [1.807, 2.05) is 24.3 Å². The minimum atomic E-state index is 0.340. The predicted molar refractivity (Wildman–Crippen MR) is 76.0 cm³/mol. The molecule has 2 N–H and O–H groups in total. The standard InChI is InChI=1S/C16H19NO/c1-12(2)14-8-4-5-9-15(14)17-11-13-7-3-6-10-16(13)18/h3-10,12,17-18H,11H2,1-2H3. The molecule has 2 rings (SSSR count). The summed E-state index contributed by atoms with van der Waals surface area (Å²) in [5.74, 6) is 0.824. The van der Waals surface area contributed by atoms with Crippen LogP contribution in [0.4, 0.5) is 5.69 Å². The molecular weight excluding hydrogens is 222 g/mol. The minimum Gasteiger partial charge on any atom is -0.508 e. The lowest BCUT2D eigenvalue weighted by Crippen LogP contribution is -2.03. The zero-order valence-corrected chi connectivity index (χ0v) is 10.9. The molecule has 2 aromatic rings. The number of hydrogen-bond donors (Lipinski definition) is 2. The third kappa shape index (κ3) is 2.83. The van der Waals surface area contributed by atoms with Crippen LogP contribution in [0.25, 0.3) is 0 Å². The predicted octanol–water partition coefficient (Wildman–Crippen LogP) is 4.13. The van der Waals surface area contributed by atoms with Gasteiger partial charge in [-0.25, -0.2) is 0 Å². The first-order valence-corrected chi connectivity index (χ1v) is 6.28. The second kappa shape index (κ2) is 5.58. The highest BCUT2D eigenvalue weighted by Gasteiger charge is 2.06. The summed E-state index contributed by atoms with van der Waals surface area (Å²) in [6, 6.07) is 15.7. The highest BCUT2D eigenvalue weighted by molar-refractivity contribution is 5.53. The molecule has 0 spiro atoms. The Bertz CT molecular complexity index is 520. The van der Waals surface area contributed by atoms with Crippen molar-refractivity contribution in [3.05, 3.63) is 59.7 Å². The highest BCUT2D eigenvalue weighted by Crippen LogP contribution is 2.25. The Morgan fingerprint density at radius 2 is 1.67 bits per heavy atom. The fourth-order valence-electron chi connectivity index (χ4n) is 2.01. The number of rotatable bonds is 4. The second-order valence-electron chi connectivity index (χ2n) is 4.72. The summed E-state index contributed by atoms with van der Waals surface area (Å²) in [7, 11) is 0. The van der Waals surface area contributed by atoms with E-state index in [-0.39, 0.29) is 0 Å². The molecule has 0 aliphatic carbocycles. The molecule has 0 unspecified atom stereocenters. The van der Waals surface area contributed by atoms with Gasteiger partial charge in [0.25, 0.3) is 0 Å². The van der Waals surface area contributed by atoms with Gasteiger partial charge in [0.05, 0.1) is 0 Å². The van der Waals surface area contributed by atoms with E-state index in [2.05, 4.69) is 37.4 Å².